The molecule has 3 fully saturated rings. The Labute approximate surface area is 175 Å². The maximum atomic E-state index is 13.1. The van der Waals surface area contributed by atoms with E-state index in [1.165, 1.54) is 50.8 Å². The van der Waals surface area contributed by atoms with Gasteiger partial charge in [-0.2, -0.15) is 0 Å². The second-order valence-corrected chi connectivity index (χ2v) is 9.20. The molecule has 5 nitrogen and oxygen atoms in total. The van der Waals surface area contributed by atoms with Crippen LogP contribution >= 0.6 is 0 Å². The molecule has 4 rings (SSSR count). The van der Waals surface area contributed by atoms with Crippen LogP contribution in [-0.4, -0.2) is 72.3 Å². The van der Waals surface area contributed by atoms with Crippen molar-refractivity contribution in [3.05, 3.63) is 35.9 Å². The summed E-state index contributed by atoms with van der Waals surface area (Å²) >= 11 is 0. The number of nitrogens with zero attached hydrogens (tertiary/aromatic N) is 3. The first-order valence-electron chi connectivity index (χ1n) is 11.4. The summed E-state index contributed by atoms with van der Waals surface area (Å²) in [4.78, 5) is 32.0. The summed E-state index contributed by atoms with van der Waals surface area (Å²) in [6.45, 7) is 4.58. The Hall–Kier alpha value is -1.88. The van der Waals surface area contributed by atoms with Crippen LogP contribution < -0.4 is 0 Å². The zero-order chi connectivity index (χ0) is 20.2. The third-order valence-electron chi connectivity index (χ3n) is 7.19. The SMILES string of the molecule is CN(C[C@@H]1CCCN2CCCC[C@H]12)C(=O)C1CC(=O)N(CCc2ccccc2)C1. The highest BCUT2D eigenvalue weighted by atomic mass is 16.2. The summed E-state index contributed by atoms with van der Waals surface area (Å²) in [5.74, 6) is 0.705. The third kappa shape index (κ3) is 4.82. The largest absolute Gasteiger partial charge is 0.345 e. The highest BCUT2D eigenvalue weighted by Gasteiger charge is 2.38. The van der Waals surface area contributed by atoms with Crippen molar-refractivity contribution in [3.63, 3.8) is 0 Å². The summed E-state index contributed by atoms with van der Waals surface area (Å²) in [6, 6.07) is 10.9. The van der Waals surface area contributed by atoms with Gasteiger partial charge in [-0.3, -0.25) is 9.59 Å². The number of carbonyl (C=O) groups excluding carboxylic acids is 2. The minimum absolute atomic E-state index is 0.129. The van der Waals surface area contributed by atoms with Crippen molar-refractivity contribution in [3.8, 4) is 0 Å². The molecule has 0 saturated carbocycles. The fourth-order valence-electron chi connectivity index (χ4n) is 5.61. The fourth-order valence-corrected chi connectivity index (χ4v) is 5.61. The molecule has 0 aromatic heterocycles. The molecule has 2 amide bonds. The summed E-state index contributed by atoms with van der Waals surface area (Å²) in [5, 5.41) is 0. The van der Waals surface area contributed by atoms with E-state index in [-0.39, 0.29) is 17.7 Å². The zero-order valence-corrected chi connectivity index (χ0v) is 17.8. The normalized spacial score (nSPS) is 27.7. The molecule has 0 radical (unpaired) electrons. The Morgan fingerprint density at radius 3 is 2.72 bits per heavy atom. The quantitative estimate of drug-likeness (QED) is 0.741. The van der Waals surface area contributed by atoms with Crippen molar-refractivity contribution in [1.82, 2.24) is 14.7 Å². The van der Waals surface area contributed by atoms with Crippen LogP contribution in [0.4, 0.5) is 0 Å². The Morgan fingerprint density at radius 2 is 1.90 bits per heavy atom. The maximum Gasteiger partial charge on any atom is 0.227 e. The number of rotatable bonds is 6. The summed E-state index contributed by atoms with van der Waals surface area (Å²) < 4.78 is 0. The van der Waals surface area contributed by atoms with Crippen molar-refractivity contribution in [2.24, 2.45) is 11.8 Å². The first-order chi connectivity index (χ1) is 14.1. The molecule has 3 aliphatic rings. The highest BCUT2D eigenvalue weighted by molar-refractivity contribution is 5.89. The molecular formula is C24H35N3O2. The van der Waals surface area contributed by atoms with Crippen molar-refractivity contribution in [1.29, 1.82) is 0 Å². The Balaban J connectivity index is 1.29. The standard InChI is InChI=1S/C24H35N3O2/c1-25(17-20-10-7-14-26-13-6-5-11-22(20)26)24(29)21-16-23(28)27(18-21)15-12-19-8-3-2-4-9-19/h2-4,8-9,20-22H,5-7,10-18H2,1H3/t20-,21?,22+/m0/s1. The van der Waals surface area contributed by atoms with Crippen LogP contribution in [0.1, 0.15) is 44.1 Å². The average Bonchev–Trinajstić information content (AvgIpc) is 3.13. The molecule has 1 unspecified atom stereocenters. The second kappa shape index (κ2) is 9.29. The van der Waals surface area contributed by atoms with Gasteiger partial charge in [-0.15, -0.1) is 0 Å². The van der Waals surface area contributed by atoms with E-state index in [2.05, 4.69) is 17.0 Å². The molecular weight excluding hydrogens is 362 g/mol. The van der Waals surface area contributed by atoms with Crippen LogP contribution in [0.5, 0.6) is 0 Å². The van der Waals surface area contributed by atoms with E-state index in [9.17, 15) is 9.59 Å². The van der Waals surface area contributed by atoms with Gasteiger partial charge in [0.2, 0.25) is 11.8 Å². The number of amides is 2. The Kier molecular flexibility index (Phi) is 6.53. The van der Waals surface area contributed by atoms with E-state index < -0.39 is 0 Å². The molecule has 29 heavy (non-hydrogen) atoms. The number of fused-ring (bicyclic) bond motifs is 1. The van der Waals surface area contributed by atoms with Crippen molar-refractivity contribution in [2.45, 2.75) is 51.0 Å². The summed E-state index contributed by atoms with van der Waals surface area (Å²) in [7, 11) is 1.95. The number of hydrogen-bond donors (Lipinski definition) is 0. The second-order valence-electron chi connectivity index (χ2n) is 9.20. The van der Waals surface area contributed by atoms with E-state index in [0.29, 0.717) is 31.5 Å². The van der Waals surface area contributed by atoms with Crippen LogP contribution in [0.3, 0.4) is 0 Å². The molecule has 0 spiro atoms. The number of piperidine rings is 2. The van der Waals surface area contributed by atoms with Gasteiger partial charge in [0.15, 0.2) is 0 Å². The topological polar surface area (TPSA) is 43.9 Å². The van der Waals surface area contributed by atoms with Crippen LogP contribution in [0.25, 0.3) is 0 Å². The fraction of sp³-hybridized carbons (Fsp3) is 0.667. The summed E-state index contributed by atoms with van der Waals surface area (Å²) in [6.07, 6.45) is 7.62. The Morgan fingerprint density at radius 1 is 1.10 bits per heavy atom. The van der Waals surface area contributed by atoms with Crippen molar-refractivity contribution >= 4 is 11.8 Å². The van der Waals surface area contributed by atoms with Gasteiger partial charge in [0.1, 0.15) is 0 Å². The van der Waals surface area contributed by atoms with E-state index >= 15 is 0 Å². The van der Waals surface area contributed by atoms with Gasteiger partial charge in [0, 0.05) is 39.1 Å². The number of benzene rings is 1. The molecule has 0 N–H and O–H groups in total. The van der Waals surface area contributed by atoms with Crippen LogP contribution in [0.15, 0.2) is 30.3 Å². The minimum Gasteiger partial charge on any atom is -0.345 e. The molecule has 5 heteroatoms. The van der Waals surface area contributed by atoms with Gasteiger partial charge in [0.25, 0.3) is 0 Å². The van der Waals surface area contributed by atoms with Crippen molar-refractivity contribution in [2.75, 3.05) is 39.8 Å². The molecule has 3 aliphatic heterocycles. The molecule has 3 heterocycles. The number of carbonyl (C=O) groups is 2. The molecule has 3 atom stereocenters. The maximum absolute atomic E-state index is 13.1. The molecule has 0 bridgehead atoms. The molecule has 0 aliphatic carbocycles. The van der Waals surface area contributed by atoms with E-state index in [0.717, 1.165) is 13.0 Å². The van der Waals surface area contributed by atoms with Gasteiger partial charge in [-0.05, 0) is 56.7 Å². The lowest BCUT2D eigenvalue weighted by atomic mass is 9.83. The predicted molar refractivity (Wildman–Crippen MR) is 114 cm³/mol. The van der Waals surface area contributed by atoms with E-state index in [4.69, 9.17) is 0 Å². The monoisotopic (exact) mass is 397 g/mol. The number of hydrogen-bond acceptors (Lipinski definition) is 3. The average molecular weight is 398 g/mol. The van der Waals surface area contributed by atoms with Gasteiger partial charge in [0.05, 0.1) is 5.92 Å². The highest BCUT2D eigenvalue weighted by Crippen LogP contribution is 2.31. The first-order valence-corrected chi connectivity index (χ1v) is 11.4. The minimum atomic E-state index is -0.172. The van der Waals surface area contributed by atoms with Crippen molar-refractivity contribution < 1.29 is 9.59 Å². The lowest BCUT2D eigenvalue weighted by Crippen LogP contribution is -2.51. The molecule has 1 aromatic carbocycles. The lowest BCUT2D eigenvalue weighted by Gasteiger charge is -2.45. The van der Waals surface area contributed by atoms with Crippen LogP contribution in [0, 0.1) is 11.8 Å². The van der Waals surface area contributed by atoms with E-state index in [1.54, 1.807) is 0 Å². The predicted octanol–water partition coefficient (Wildman–Crippen LogP) is 2.80. The first kappa shape index (κ1) is 20.4. The van der Waals surface area contributed by atoms with E-state index in [1.807, 2.05) is 35.0 Å². The van der Waals surface area contributed by atoms with Gasteiger partial charge in [-0.1, -0.05) is 36.8 Å². The molecule has 158 valence electrons. The van der Waals surface area contributed by atoms with Gasteiger partial charge >= 0.3 is 0 Å². The summed E-state index contributed by atoms with van der Waals surface area (Å²) in [5.41, 5.74) is 1.24. The van der Waals surface area contributed by atoms with Crippen LogP contribution in [0.2, 0.25) is 0 Å². The number of likely N-dealkylation sites (tertiary alicyclic amines) is 1. The lowest BCUT2D eigenvalue weighted by molar-refractivity contribution is -0.135. The van der Waals surface area contributed by atoms with Crippen LogP contribution in [-0.2, 0) is 16.0 Å². The smallest absolute Gasteiger partial charge is 0.227 e. The Bertz CT molecular complexity index is 705. The third-order valence-corrected chi connectivity index (χ3v) is 7.19. The van der Waals surface area contributed by atoms with Gasteiger partial charge in [-0.25, -0.2) is 0 Å². The zero-order valence-electron chi connectivity index (χ0n) is 17.8. The molecule has 3 saturated heterocycles. The van der Waals surface area contributed by atoms with Gasteiger partial charge < -0.3 is 14.7 Å². The molecule has 1 aromatic rings.